The molecule has 200 valence electrons. The third kappa shape index (κ3) is 6.82. The molecular formula is C35H42O3. The maximum absolute atomic E-state index is 12.2. The van der Waals surface area contributed by atoms with Gasteiger partial charge in [0.1, 0.15) is 6.61 Å². The molecule has 1 fully saturated rings. The van der Waals surface area contributed by atoms with Crippen molar-refractivity contribution in [1.29, 1.82) is 0 Å². The van der Waals surface area contributed by atoms with Gasteiger partial charge in [0.2, 0.25) is 0 Å². The summed E-state index contributed by atoms with van der Waals surface area (Å²) in [6.45, 7) is 10.5. The summed E-state index contributed by atoms with van der Waals surface area (Å²) in [7, 11) is 0. The van der Waals surface area contributed by atoms with Crippen LogP contribution in [0.2, 0.25) is 0 Å². The van der Waals surface area contributed by atoms with Gasteiger partial charge < -0.3 is 9.84 Å². The average molecular weight is 511 g/mol. The standard InChI is InChI=1S/C35H42O3/c1-5-27-21-30(16-18-33(27)29-14-10-26(11-15-29)7-6-20-36)31-17-19-34(28-12-8-25(4)9-13-28)32(22-31)23-38-35(37)24(2)3/h10-11,14-19,21-22,25,28,36H,2,5-9,12-13,20,23H2,1,3-4H3. The van der Waals surface area contributed by atoms with Crippen LogP contribution in [-0.4, -0.2) is 17.7 Å². The van der Waals surface area contributed by atoms with E-state index in [1.54, 1.807) is 6.92 Å². The minimum absolute atomic E-state index is 0.224. The van der Waals surface area contributed by atoms with Crippen molar-refractivity contribution in [2.75, 3.05) is 6.61 Å². The second-order valence-electron chi connectivity index (χ2n) is 11.0. The number of hydrogen-bond donors (Lipinski definition) is 1. The van der Waals surface area contributed by atoms with Gasteiger partial charge in [0.15, 0.2) is 0 Å². The Morgan fingerprint density at radius 2 is 1.55 bits per heavy atom. The minimum atomic E-state index is -0.335. The highest BCUT2D eigenvalue weighted by atomic mass is 16.5. The molecule has 0 aliphatic heterocycles. The highest BCUT2D eigenvalue weighted by molar-refractivity contribution is 5.87. The first-order valence-corrected chi connectivity index (χ1v) is 14.2. The average Bonchev–Trinajstić information content (AvgIpc) is 2.95. The van der Waals surface area contributed by atoms with E-state index in [9.17, 15) is 4.79 Å². The molecule has 1 saturated carbocycles. The minimum Gasteiger partial charge on any atom is -0.457 e. The first-order chi connectivity index (χ1) is 18.4. The number of ether oxygens (including phenoxy) is 1. The van der Waals surface area contributed by atoms with Gasteiger partial charge in [-0.05, 0) is 101 Å². The fourth-order valence-corrected chi connectivity index (χ4v) is 5.63. The molecule has 0 heterocycles. The maximum Gasteiger partial charge on any atom is 0.333 e. The number of benzene rings is 3. The van der Waals surface area contributed by atoms with Crippen LogP contribution in [0.15, 0.2) is 72.8 Å². The normalized spacial score (nSPS) is 17.3. The van der Waals surface area contributed by atoms with Crippen LogP contribution in [0, 0.1) is 5.92 Å². The summed E-state index contributed by atoms with van der Waals surface area (Å²) in [4.78, 5) is 12.2. The van der Waals surface area contributed by atoms with Crippen molar-refractivity contribution in [2.45, 2.75) is 78.2 Å². The van der Waals surface area contributed by atoms with Gasteiger partial charge in [-0.3, -0.25) is 0 Å². The third-order valence-electron chi connectivity index (χ3n) is 8.01. The van der Waals surface area contributed by atoms with Gasteiger partial charge in [-0.1, -0.05) is 87.9 Å². The quantitative estimate of drug-likeness (QED) is 0.220. The number of aryl methyl sites for hydroxylation is 2. The Bertz CT molecular complexity index is 1250. The molecule has 3 nitrogen and oxygen atoms in total. The number of aliphatic hydroxyl groups is 1. The lowest BCUT2D eigenvalue weighted by Crippen LogP contribution is -2.14. The highest BCUT2D eigenvalue weighted by Gasteiger charge is 2.23. The summed E-state index contributed by atoms with van der Waals surface area (Å²) in [5.74, 6) is 0.976. The van der Waals surface area contributed by atoms with Crippen molar-refractivity contribution in [1.82, 2.24) is 0 Å². The van der Waals surface area contributed by atoms with E-state index >= 15 is 0 Å². The monoisotopic (exact) mass is 510 g/mol. The number of esters is 1. The molecule has 0 aromatic heterocycles. The summed E-state index contributed by atoms with van der Waals surface area (Å²) in [6, 6.07) is 22.2. The molecule has 0 spiro atoms. The Morgan fingerprint density at radius 3 is 2.18 bits per heavy atom. The molecule has 0 radical (unpaired) electrons. The van der Waals surface area contributed by atoms with E-state index < -0.39 is 0 Å². The fourth-order valence-electron chi connectivity index (χ4n) is 5.63. The lowest BCUT2D eigenvalue weighted by molar-refractivity contribution is -0.140. The van der Waals surface area contributed by atoms with Crippen molar-refractivity contribution < 1.29 is 14.6 Å². The van der Waals surface area contributed by atoms with E-state index in [0.717, 1.165) is 36.3 Å². The highest BCUT2D eigenvalue weighted by Crippen LogP contribution is 2.39. The number of carbonyl (C=O) groups is 1. The van der Waals surface area contributed by atoms with Crippen molar-refractivity contribution in [3.8, 4) is 22.3 Å². The van der Waals surface area contributed by atoms with Gasteiger partial charge >= 0.3 is 5.97 Å². The Hall–Kier alpha value is -3.17. The van der Waals surface area contributed by atoms with Gasteiger partial charge in [0.05, 0.1) is 0 Å². The topological polar surface area (TPSA) is 46.5 Å². The van der Waals surface area contributed by atoms with Crippen LogP contribution >= 0.6 is 0 Å². The number of rotatable bonds is 10. The van der Waals surface area contributed by atoms with Crippen LogP contribution in [0.4, 0.5) is 0 Å². The predicted octanol–water partition coefficient (Wildman–Crippen LogP) is 8.42. The molecule has 0 bridgehead atoms. The fraction of sp³-hybridized carbons (Fsp3) is 0.400. The van der Waals surface area contributed by atoms with Gasteiger partial charge in [-0.25, -0.2) is 4.79 Å². The van der Waals surface area contributed by atoms with Crippen LogP contribution in [-0.2, 0) is 29.0 Å². The van der Waals surface area contributed by atoms with E-state index in [2.05, 4.69) is 81.1 Å². The molecular weight excluding hydrogens is 468 g/mol. The SMILES string of the molecule is C=C(C)C(=O)OCc1cc(-c2ccc(-c3ccc(CCCO)cc3)c(CC)c2)ccc1C1CCC(C)CC1. The van der Waals surface area contributed by atoms with Crippen LogP contribution in [0.3, 0.4) is 0 Å². The first kappa shape index (κ1) is 27.9. The third-order valence-corrected chi connectivity index (χ3v) is 8.01. The molecule has 1 aliphatic carbocycles. The van der Waals surface area contributed by atoms with Crippen molar-refractivity contribution in [2.24, 2.45) is 5.92 Å². The molecule has 0 atom stereocenters. The zero-order valence-electron chi connectivity index (χ0n) is 23.3. The second kappa shape index (κ2) is 13.1. The zero-order chi connectivity index (χ0) is 27.1. The molecule has 0 saturated heterocycles. The maximum atomic E-state index is 12.2. The molecule has 3 aromatic carbocycles. The summed E-state index contributed by atoms with van der Waals surface area (Å²) in [5.41, 5.74) is 10.2. The van der Waals surface area contributed by atoms with Gasteiger partial charge in [0, 0.05) is 12.2 Å². The van der Waals surface area contributed by atoms with E-state index in [-0.39, 0.29) is 19.2 Å². The molecule has 3 aromatic rings. The Morgan fingerprint density at radius 1 is 0.921 bits per heavy atom. The van der Waals surface area contributed by atoms with Gasteiger partial charge in [-0.15, -0.1) is 0 Å². The van der Waals surface area contributed by atoms with Crippen LogP contribution in [0.25, 0.3) is 22.3 Å². The molecule has 4 rings (SSSR count). The lowest BCUT2D eigenvalue weighted by Gasteiger charge is -2.28. The van der Waals surface area contributed by atoms with E-state index in [1.807, 2.05) is 0 Å². The summed E-state index contributed by atoms with van der Waals surface area (Å²) in [5, 5.41) is 9.11. The molecule has 38 heavy (non-hydrogen) atoms. The molecule has 0 unspecified atom stereocenters. The van der Waals surface area contributed by atoms with Crippen LogP contribution < -0.4 is 0 Å². The van der Waals surface area contributed by atoms with Crippen molar-refractivity contribution in [3.63, 3.8) is 0 Å². The molecule has 3 heteroatoms. The van der Waals surface area contributed by atoms with E-state index in [1.165, 1.54) is 59.1 Å². The zero-order valence-corrected chi connectivity index (χ0v) is 23.3. The second-order valence-corrected chi connectivity index (χ2v) is 11.0. The Kier molecular flexibility index (Phi) is 9.58. The van der Waals surface area contributed by atoms with Gasteiger partial charge in [0.25, 0.3) is 0 Å². The number of carbonyl (C=O) groups excluding carboxylic acids is 1. The van der Waals surface area contributed by atoms with Crippen molar-refractivity contribution >= 4 is 5.97 Å². The number of aliphatic hydroxyl groups excluding tert-OH is 1. The van der Waals surface area contributed by atoms with Crippen LogP contribution in [0.1, 0.15) is 81.0 Å². The molecule has 0 amide bonds. The predicted molar refractivity (Wildman–Crippen MR) is 157 cm³/mol. The molecule has 1 N–H and O–H groups in total. The first-order valence-electron chi connectivity index (χ1n) is 14.2. The summed E-state index contributed by atoms with van der Waals surface area (Å²) >= 11 is 0. The lowest BCUT2D eigenvalue weighted by atomic mass is 9.77. The van der Waals surface area contributed by atoms with Crippen molar-refractivity contribution in [3.05, 3.63) is 95.1 Å². The summed E-state index contributed by atoms with van der Waals surface area (Å²) < 4.78 is 5.64. The Labute approximate surface area is 228 Å². The van der Waals surface area contributed by atoms with Crippen LogP contribution in [0.5, 0.6) is 0 Å². The number of hydrogen-bond acceptors (Lipinski definition) is 3. The van der Waals surface area contributed by atoms with E-state index in [4.69, 9.17) is 9.84 Å². The largest absolute Gasteiger partial charge is 0.457 e. The van der Waals surface area contributed by atoms with Gasteiger partial charge in [-0.2, -0.15) is 0 Å². The molecule has 1 aliphatic rings. The van der Waals surface area contributed by atoms with E-state index in [0.29, 0.717) is 11.5 Å². The summed E-state index contributed by atoms with van der Waals surface area (Å²) in [6.07, 6.45) is 7.52. The Balaban J connectivity index is 1.63. The smallest absolute Gasteiger partial charge is 0.333 e.